The second-order valence-corrected chi connectivity index (χ2v) is 6.21. The summed E-state index contributed by atoms with van der Waals surface area (Å²) in [6, 6.07) is 6.72. The summed E-state index contributed by atoms with van der Waals surface area (Å²) in [5.41, 5.74) is 0.488. The molecule has 17 heavy (non-hydrogen) atoms. The Bertz CT molecular complexity index is 542. The lowest BCUT2D eigenvalue weighted by molar-refractivity contribution is 0.474. The molecular formula is C11H13ClN2O2S. The van der Waals surface area contributed by atoms with Gasteiger partial charge >= 0.3 is 0 Å². The SMILES string of the molecule is CC(CCl)CN1C=Nc2ccccc2S1(=O)=O. The molecule has 92 valence electrons. The number of para-hydroxylation sites is 1. The van der Waals surface area contributed by atoms with Crippen molar-refractivity contribution in [2.24, 2.45) is 10.9 Å². The van der Waals surface area contributed by atoms with Gasteiger partial charge in [-0.3, -0.25) is 4.31 Å². The van der Waals surface area contributed by atoms with E-state index in [0.717, 1.165) is 0 Å². The third-order valence-corrected chi connectivity index (χ3v) is 4.82. The monoisotopic (exact) mass is 272 g/mol. The molecule has 2 rings (SSSR count). The van der Waals surface area contributed by atoms with E-state index in [9.17, 15) is 8.42 Å². The number of halogens is 1. The minimum atomic E-state index is -3.46. The lowest BCUT2D eigenvalue weighted by Gasteiger charge is -2.25. The average Bonchev–Trinajstić information content (AvgIpc) is 2.33. The van der Waals surface area contributed by atoms with Gasteiger partial charge in [0, 0.05) is 12.4 Å². The van der Waals surface area contributed by atoms with Crippen LogP contribution in [0.2, 0.25) is 0 Å². The van der Waals surface area contributed by atoms with Crippen LogP contribution < -0.4 is 0 Å². The van der Waals surface area contributed by atoms with Gasteiger partial charge in [-0.15, -0.1) is 11.6 Å². The van der Waals surface area contributed by atoms with Crippen molar-refractivity contribution in [3.05, 3.63) is 24.3 Å². The van der Waals surface area contributed by atoms with Gasteiger partial charge in [0.15, 0.2) is 0 Å². The molecule has 1 aromatic rings. The van der Waals surface area contributed by atoms with Crippen LogP contribution in [0.3, 0.4) is 0 Å². The van der Waals surface area contributed by atoms with Crippen molar-refractivity contribution in [3.63, 3.8) is 0 Å². The molecule has 0 radical (unpaired) electrons. The average molecular weight is 273 g/mol. The fraction of sp³-hybridized carbons (Fsp3) is 0.364. The Labute approximate surface area is 106 Å². The van der Waals surface area contributed by atoms with E-state index in [1.54, 1.807) is 24.3 Å². The zero-order valence-corrected chi connectivity index (χ0v) is 10.9. The summed E-state index contributed by atoms with van der Waals surface area (Å²) < 4.78 is 25.7. The maximum Gasteiger partial charge on any atom is 0.267 e. The van der Waals surface area contributed by atoms with Gasteiger partial charge in [0.25, 0.3) is 10.0 Å². The molecule has 1 aliphatic heterocycles. The molecule has 0 amide bonds. The van der Waals surface area contributed by atoms with Crippen LogP contribution >= 0.6 is 11.6 Å². The number of benzene rings is 1. The lowest BCUT2D eigenvalue weighted by Crippen LogP contribution is -2.35. The van der Waals surface area contributed by atoms with Gasteiger partial charge in [-0.1, -0.05) is 19.1 Å². The first kappa shape index (κ1) is 12.4. The molecule has 6 heteroatoms. The van der Waals surface area contributed by atoms with Crippen LogP contribution in [0.15, 0.2) is 34.2 Å². The lowest BCUT2D eigenvalue weighted by atomic mass is 10.2. The Morgan fingerprint density at radius 2 is 2.12 bits per heavy atom. The molecule has 0 N–H and O–H groups in total. The van der Waals surface area contributed by atoms with E-state index in [2.05, 4.69) is 4.99 Å². The van der Waals surface area contributed by atoms with Crippen LogP contribution in [-0.4, -0.2) is 31.5 Å². The second kappa shape index (κ2) is 4.66. The van der Waals surface area contributed by atoms with Gasteiger partial charge in [0.2, 0.25) is 0 Å². The highest BCUT2D eigenvalue weighted by Gasteiger charge is 2.28. The molecule has 1 aromatic carbocycles. The summed E-state index contributed by atoms with van der Waals surface area (Å²) in [6.07, 6.45) is 1.36. The van der Waals surface area contributed by atoms with E-state index in [4.69, 9.17) is 11.6 Å². The predicted octanol–water partition coefficient (Wildman–Crippen LogP) is 2.23. The summed E-state index contributed by atoms with van der Waals surface area (Å²) in [4.78, 5) is 4.39. The molecule has 0 bridgehead atoms. The number of rotatable bonds is 3. The van der Waals surface area contributed by atoms with Gasteiger partial charge in [-0.05, 0) is 18.1 Å². The number of fused-ring (bicyclic) bond motifs is 1. The Morgan fingerprint density at radius 1 is 1.41 bits per heavy atom. The third-order valence-electron chi connectivity index (χ3n) is 2.53. The summed E-state index contributed by atoms with van der Waals surface area (Å²) in [7, 11) is -3.46. The molecule has 4 nitrogen and oxygen atoms in total. The molecule has 0 fully saturated rings. The maximum atomic E-state index is 12.2. The third kappa shape index (κ3) is 2.30. The van der Waals surface area contributed by atoms with Crippen LogP contribution in [0.4, 0.5) is 5.69 Å². The smallest absolute Gasteiger partial charge is 0.256 e. The maximum absolute atomic E-state index is 12.2. The van der Waals surface area contributed by atoms with Crippen LogP contribution in [-0.2, 0) is 10.0 Å². The number of aliphatic imine (C=N–C) groups is 1. The number of sulfonamides is 1. The van der Waals surface area contributed by atoms with Crippen LogP contribution in [0.25, 0.3) is 0 Å². The largest absolute Gasteiger partial charge is 0.267 e. The van der Waals surface area contributed by atoms with Crippen molar-refractivity contribution in [2.45, 2.75) is 11.8 Å². The zero-order valence-electron chi connectivity index (χ0n) is 9.38. The van der Waals surface area contributed by atoms with Crippen LogP contribution in [0.1, 0.15) is 6.92 Å². The van der Waals surface area contributed by atoms with Crippen molar-refractivity contribution in [3.8, 4) is 0 Å². The van der Waals surface area contributed by atoms with Gasteiger partial charge in [-0.2, -0.15) is 0 Å². The van der Waals surface area contributed by atoms with Crippen molar-refractivity contribution < 1.29 is 8.42 Å². The van der Waals surface area contributed by atoms with Crippen molar-refractivity contribution in [2.75, 3.05) is 12.4 Å². The van der Waals surface area contributed by atoms with E-state index in [0.29, 0.717) is 18.1 Å². The van der Waals surface area contributed by atoms with Gasteiger partial charge in [0.1, 0.15) is 11.2 Å². The minimum Gasteiger partial charge on any atom is -0.256 e. The molecule has 0 spiro atoms. The molecule has 1 heterocycles. The van der Waals surface area contributed by atoms with E-state index in [-0.39, 0.29) is 10.8 Å². The minimum absolute atomic E-state index is 0.0863. The Kier molecular flexibility index (Phi) is 3.40. The predicted molar refractivity (Wildman–Crippen MR) is 68.4 cm³/mol. The van der Waals surface area contributed by atoms with E-state index in [1.165, 1.54) is 10.6 Å². The molecule has 1 atom stereocenters. The van der Waals surface area contributed by atoms with Crippen molar-refractivity contribution >= 4 is 33.7 Å². The first-order valence-corrected chi connectivity index (χ1v) is 7.24. The summed E-state index contributed by atoms with van der Waals surface area (Å²) in [5, 5.41) is 0. The molecular weight excluding hydrogens is 260 g/mol. The zero-order chi connectivity index (χ0) is 12.5. The first-order chi connectivity index (χ1) is 8.05. The normalized spacial score (nSPS) is 18.8. The van der Waals surface area contributed by atoms with Gasteiger partial charge in [-0.25, -0.2) is 13.4 Å². The first-order valence-electron chi connectivity index (χ1n) is 5.26. The summed E-state index contributed by atoms with van der Waals surface area (Å²) >= 11 is 5.70. The number of alkyl halides is 1. The van der Waals surface area contributed by atoms with Crippen molar-refractivity contribution in [1.29, 1.82) is 0 Å². The summed E-state index contributed by atoms with van der Waals surface area (Å²) in [6.45, 7) is 2.25. The molecule has 1 unspecified atom stereocenters. The van der Waals surface area contributed by atoms with Gasteiger partial charge < -0.3 is 0 Å². The Hall–Kier alpha value is -1.07. The molecule has 0 aliphatic carbocycles. The second-order valence-electron chi connectivity index (χ2n) is 4.05. The quantitative estimate of drug-likeness (QED) is 0.792. The molecule has 0 aromatic heterocycles. The van der Waals surface area contributed by atoms with Crippen LogP contribution in [0.5, 0.6) is 0 Å². The number of nitrogens with zero attached hydrogens (tertiary/aromatic N) is 2. The highest BCUT2D eigenvalue weighted by atomic mass is 35.5. The molecule has 0 saturated heterocycles. The highest BCUT2D eigenvalue weighted by Crippen LogP contribution is 2.30. The van der Waals surface area contributed by atoms with Crippen LogP contribution in [0, 0.1) is 5.92 Å². The molecule has 1 aliphatic rings. The fourth-order valence-corrected chi connectivity index (χ4v) is 3.21. The highest BCUT2D eigenvalue weighted by molar-refractivity contribution is 7.89. The van der Waals surface area contributed by atoms with Crippen molar-refractivity contribution in [1.82, 2.24) is 4.31 Å². The van der Waals surface area contributed by atoms with E-state index < -0.39 is 10.0 Å². The number of hydrogen-bond donors (Lipinski definition) is 0. The molecule has 0 saturated carbocycles. The number of hydrogen-bond acceptors (Lipinski definition) is 3. The van der Waals surface area contributed by atoms with E-state index in [1.807, 2.05) is 6.92 Å². The summed E-state index contributed by atoms with van der Waals surface area (Å²) in [5.74, 6) is 0.504. The fourth-order valence-electron chi connectivity index (χ4n) is 1.60. The Balaban J connectivity index is 2.38. The standard InChI is InChI=1S/C11H13ClN2O2S/c1-9(6-12)7-14-8-13-10-4-2-3-5-11(10)17(14,15)16/h2-5,8-9H,6-7H2,1H3. The Morgan fingerprint density at radius 3 is 2.82 bits per heavy atom. The topological polar surface area (TPSA) is 49.7 Å². The van der Waals surface area contributed by atoms with Gasteiger partial charge in [0.05, 0.1) is 5.69 Å². The van der Waals surface area contributed by atoms with E-state index >= 15 is 0 Å².